The Hall–Kier alpha value is -1.81. The molecule has 1 aromatic carbocycles. The lowest BCUT2D eigenvalue weighted by molar-refractivity contribution is 0.415. The Bertz CT molecular complexity index is 562. The number of methoxy groups -OCH3 is 1. The largest absolute Gasteiger partial charge is 0.497 e. The molecule has 1 saturated heterocycles. The van der Waals surface area contributed by atoms with Crippen molar-refractivity contribution in [2.45, 2.75) is 6.42 Å². The monoisotopic (exact) mass is 257 g/mol. The van der Waals surface area contributed by atoms with Crippen LogP contribution in [0.3, 0.4) is 0 Å². The summed E-state index contributed by atoms with van der Waals surface area (Å²) in [4.78, 5) is 7.11. The highest BCUT2D eigenvalue weighted by Gasteiger charge is 2.11. The van der Waals surface area contributed by atoms with E-state index in [0.29, 0.717) is 0 Å². The smallest absolute Gasteiger partial charge is 0.129 e. The van der Waals surface area contributed by atoms with E-state index in [1.807, 2.05) is 18.2 Å². The molecule has 4 nitrogen and oxygen atoms in total. The first-order valence-electron chi connectivity index (χ1n) is 6.77. The van der Waals surface area contributed by atoms with Crippen molar-refractivity contribution in [3.63, 3.8) is 0 Å². The van der Waals surface area contributed by atoms with Crippen LogP contribution >= 0.6 is 0 Å². The normalized spacial score (nSPS) is 16.4. The molecule has 100 valence electrons. The van der Waals surface area contributed by atoms with Gasteiger partial charge >= 0.3 is 0 Å². The number of ether oxygens (including phenoxy) is 1. The molecule has 1 aliphatic rings. The maximum absolute atomic E-state index is 5.24. The van der Waals surface area contributed by atoms with Gasteiger partial charge in [-0.3, -0.25) is 0 Å². The minimum absolute atomic E-state index is 0.876. The lowest BCUT2D eigenvalue weighted by Gasteiger charge is -2.21. The predicted molar refractivity (Wildman–Crippen MR) is 78.0 cm³/mol. The third kappa shape index (κ3) is 2.63. The number of benzene rings is 1. The van der Waals surface area contributed by atoms with Crippen LogP contribution in [-0.2, 0) is 0 Å². The van der Waals surface area contributed by atoms with E-state index in [4.69, 9.17) is 9.72 Å². The zero-order valence-electron chi connectivity index (χ0n) is 11.2. The van der Waals surface area contributed by atoms with Crippen LogP contribution in [0.2, 0.25) is 0 Å². The Balaban J connectivity index is 1.92. The molecule has 2 heterocycles. The van der Waals surface area contributed by atoms with Gasteiger partial charge in [0.2, 0.25) is 0 Å². The lowest BCUT2D eigenvalue weighted by atomic mass is 10.2. The SMILES string of the molecule is COc1ccc2nc(N3CCCNCC3)ccc2c1. The summed E-state index contributed by atoms with van der Waals surface area (Å²) in [5.41, 5.74) is 1.02. The van der Waals surface area contributed by atoms with Crippen LogP contribution in [0.5, 0.6) is 5.75 Å². The van der Waals surface area contributed by atoms with Gasteiger partial charge in [-0.2, -0.15) is 0 Å². The lowest BCUT2D eigenvalue weighted by Crippen LogP contribution is -2.28. The van der Waals surface area contributed by atoms with Crippen molar-refractivity contribution in [3.8, 4) is 5.75 Å². The van der Waals surface area contributed by atoms with Gasteiger partial charge in [-0.1, -0.05) is 0 Å². The van der Waals surface area contributed by atoms with Crippen molar-refractivity contribution in [2.75, 3.05) is 38.2 Å². The molecule has 1 N–H and O–H groups in total. The molecule has 4 heteroatoms. The average Bonchev–Trinajstić information content (AvgIpc) is 2.75. The molecule has 0 atom stereocenters. The van der Waals surface area contributed by atoms with Gasteiger partial charge in [0.1, 0.15) is 11.6 Å². The Morgan fingerprint density at radius 1 is 1.16 bits per heavy atom. The van der Waals surface area contributed by atoms with E-state index < -0.39 is 0 Å². The Morgan fingerprint density at radius 3 is 3.00 bits per heavy atom. The number of fused-ring (bicyclic) bond motifs is 1. The number of nitrogens with one attached hydrogen (secondary N) is 1. The van der Waals surface area contributed by atoms with Gasteiger partial charge in [0.05, 0.1) is 12.6 Å². The van der Waals surface area contributed by atoms with Crippen LogP contribution in [0.25, 0.3) is 10.9 Å². The standard InChI is InChI=1S/C15H19N3O/c1-19-13-4-5-14-12(11-13)3-6-15(17-14)18-9-2-7-16-8-10-18/h3-6,11,16H,2,7-10H2,1H3. The number of rotatable bonds is 2. The summed E-state index contributed by atoms with van der Waals surface area (Å²) in [5.74, 6) is 1.95. The molecule has 0 saturated carbocycles. The van der Waals surface area contributed by atoms with E-state index >= 15 is 0 Å². The van der Waals surface area contributed by atoms with Crippen molar-refractivity contribution in [1.82, 2.24) is 10.3 Å². The first kappa shape index (κ1) is 12.2. The van der Waals surface area contributed by atoms with E-state index in [9.17, 15) is 0 Å². The molecule has 1 aromatic heterocycles. The summed E-state index contributed by atoms with van der Waals surface area (Å²) < 4.78 is 5.24. The summed E-state index contributed by atoms with van der Waals surface area (Å²) in [6, 6.07) is 10.2. The van der Waals surface area contributed by atoms with Crippen molar-refractivity contribution >= 4 is 16.7 Å². The van der Waals surface area contributed by atoms with E-state index in [1.54, 1.807) is 7.11 Å². The highest BCUT2D eigenvalue weighted by molar-refractivity contribution is 5.81. The Kier molecular flexibility index (Phi) is 3.51. The van der Waals surface area contributed by atoms with Crippen LogP contribution in [0.15, 0.2) is 30.3 Å². The van der Waals surface area contributed by atoms with E-state index in [2.05, 4.69) is 22.3 Å². The zero-order chi connectivity index (χ0) is 13.1. The molecule has 0 radical (unpaired) electrons. The molecule has 1 aliphatic heterocycles. The van der Waals surface area contributed by atoms with Gasteiger partial charge in [-0.15, -0.1) is 0 Å². The molecular weight excluding hydrogens is 238 g/mol. The van der Waals surface area contributed by atoms with Crippen molar-refractivity contribution < 1.29 is 4.74 Å². The minimum atomic E-state index is 0.876. The maximum atomic E-state index is 5.24. The fourth-order valence-corrected chi connectivity index (χ4v) is 2.47. The van der Waals surface area contributed by atoms with Gasteiger partial charge < -0.3 is 15.0 Å². The Labute approximate surface area is 113 Å². The molecule has 1 fully saturated rings. The molecule has 0 unspecified atom stereocenters. The number of aromatic nitrogens is 1. The van der Waals surface area contributed by atoms with E-state index in [0.717, 1.165) is 48.6 Å². The maximum Gasteiger partial charge on any atom is 0.129 e. The van der Waals surface area contributed by atoms with Gasteiger partial charge in [-0.25, -0.2) is 4.98 Å². The fraction of sp³-hybridized carbons (Fsp3) is 0.400. The number of anilines is 1. The summed E-state index contributed by atoms with van der Waals surface area (Å²) in [6.45, 7) is 4.22. The minimum Gasteiger partial charge on any atom is -0.497 e. The number of hydrogen-bond acceptors (Lipinski definition) is 4. The van der Waals surface area contributed by atoms with Crippen LogP contribution in [0.1, 0.15) is 6.42 Å². The quantitative estimate of drug-likeness (QED) is 0.893. The Morgan fingerprint density at radius 2 is 2.11 bits per heavy atom. The van der Waals surface area contributed by atoms with Gasteiger partial charge in [0.25, 0.3) is 0 Å². The van der Waals surface area contributed by atoms with Crippen molar-refractivity contribution in [1.29, 1.82) is 0 Å². The second-order valence-electron chi connectivity index (χ2n) is 4.82. The first-order chi connectivity index (χ1) is 9.36. The summed E-state index contributed by atoms with van der Waals surface area (Å²) in [6.07, 6.45) is 1.17. The zero-order valence-corrected chi connectivity index (χ0v) is 11.2. The molecule has 0 aliphatic carbocycles. The van der Waals surface area contributed by atoms with Gasteiger partial charge in [0.15, 0.2) is 0 Å². The highest BCUT2D eigenvalue weighted by Crippen LogP contribution is 2.22. The predicted octanol–water partition coefficient (Wildman–Crippen LogP) is 2.04. The molecule has 0 bridgehead atoms. The molecular formula is C15H19N3O. The number of nitrogens with zero attached hydrogens (tertiary/aromatic N) is 2. The van der Waals surface area contributed by atoms with Crippen LogP contribution in [-0.4, -0.2) is 38.3 Å². The highest BCUT2D eigenvalue weighted by atomic mass is 16.5. The van der Waals surface area contributed by atoms with E-state index in [-0.39, 0.29) is 0 Å². The molecule has 19 heavy (non-hydrogen) atoms. The topological polar surface area (TPSA) is 37.4 Å². The third-order valence-corrected chi connectivity index (χ3v) is 3.55. The van der Waals surface area contributed by atoms with E-state index in [1.165, 1.54) is 6.42 Å². The summed E-state index contributed by atoms with van der Waals surface area (Å²) in [7, 11) is 1.69. The molecule has 2 aromatic rings. The van der Waals surface area contributed by atoms with Gasteiger partial charge in [0, 0.05) is 25.0 Å². The third-order valence-electron chi connectivity index (χ3n) is 3.55. The van der Waals surface area contributed by atoms with Gasteiger partial charge in [-0.05, 0) is 43.3 Å². The van der Waals surface area contributed by atoms with Crippen molar-refractivity contribution in [2.24, 2.45) is 0 Å². The fourth-order valence-electron chi connectivity index (χ4n) is 2.47. The molecule has 0 spiro atoms. The second kappa shape index (κ2) is 5.45. The van der Waals surface area contributed by atoms with Crippen LogP contribution in [0, 0.1) is 0 Å². The summed E-state index contributed by atoms with van der Waals surface area (Å²) >= 11 is 0. The van der Waals surface area contributed by atoms with Crippen LogP contribution in [0.4, 0.5) is 5.82 Å². The second-order valence-corrected chi connectivity index (χ2v) is 4.82. The van der Waals surface area contributed by atoms with Crippen molar-refractivity contribution in [3.05, 3.63) is 30.3 Å². The average molecular weight is 257 g/mol. The first-order valence-corrected chi connectivity index (χ1v) is 6.77. The summed E-state index contributed by atoms with van der Waals surface area (Å²) in [5, 5.41) is 4.53. The molecule has 0 amide bonds. The molecule has 3 rings (SSSR count). The van der Waals surface area contributed by atoms with Crippen LogP contribution < -0.4 is 15.0 Å². The number of pyridine rings is 1. The number of hydrogen-bond donors (Lipinski definition) is 1.